The first-order valence-corrected chi connectivity index (χ1v) is 13.7. The number of hydrogen-bond acceptors (Lipinski definition) is 5. The van der Waals surface area contributed by atoms with Crippen LogP contribution in [0.5, 0.6) is 0 Å². The zero-order valence-corrected chi connectivity index (χ0v) is 22.3. The minimum atomic E-state index is -4.53. The van der Waals surface area contributed by atoms with Crippen molar-refractivity contribution in [2.45, 2.75) is 57.4 Å². The van der Waals surface area contributed by atoms with E-state index in [2.05, 4.69) is 15.1 Å². The number of nitrogens with zero attached hydrogens (tertiary/aromatic N) is 3. The molecule has 3 N–H and O–H groups in total. The van der Waals surface area contributed by atoms with E-state index in [1.165, 1.54) is 25.3 Å². The minimum absolute atomic E-state index is 0.104. The number of rotatable bonds is 7. The van der Waals surface area contributed by atoms with Gasteiger partial charge in [-0.05, 0) is 59.7 Å². The van der Waals surface area contributed by atoms with Crippen LogP contribution in [0, 0.1) is 0 Å². The highest BCUT2D eigenvalue weighted by Crippen LogP contribution is 2.35. The van der Waals surface area contributed by atoms with E-state index < -0.39 is 23.6 Å². The summed E-state index contributed by atoms with van der Waals surface area (Å²) in [6.07, 6.45) is -0.812. The molecule has 1 atom stereocenters. The lowest BCUT2D eigenvalue weighted by molar-refractivity contribution is -0.138. The second-order valence-electron chi connectivity index (χ2n) is 11.2. The number of anilines is 1. The van der Waals surface area contributed by atoms with Crippen LogP contribution in [0.1, 0.15) is 64.7 Å². The predicted molar refractivity (Wildman–Crippen MR) is 143 cm³/mol. The van der Waals surface area contributed by atoms with Crippen molar-refractivity contribution in [3.63, 3.8) is 0 Å². The highest BCUT2D eigenvalue weighted by Gasteiger charge is 2.35. The Morgan fingerprint density at radius 1 is 1.03 bits per heavy atom. The van der Waals surface area contributed by atoms with Gasteiger partial charge in [-0.2, -0.15) is 13.2 Å². The van der Waals surface area contributed by atoms with Gasteiger partial charge in [0.05, 0.1) is 12.1 Å². The smallest absolute Gasteiger partial charge is 0.369 e. The molecular formula is C29H36F3N5O2. The Morgan fingerprint density at radius 3 is 2.41 bits per heavy atom. The van der Waals surface area contributed by atoms with Crippen LogP contribution in [-0.2, 0) is 24.1 Å². The fourth-order valence-corrected chi connectivity index (χ4v) is 6.04. The maximum Gasteiger partial charge on any atom is 0.416 e. The Kier molecular flexibility index (Phi) is 7.98. The summed E-state index contributed by atoms with van der Waals surface area (Å²) in [5.41, 5.74) is 7.30. The average Bonchev–Trinajstić information content (AvgIpc) is 2.83. The number of hydrogen-bond donors (Lipinski definition) is 2. The molecule has 3 aliphatic rings. The van der Waals surface area contributed by atoms with E-state index in [1.807, 2.05) is 17.9 Å². The molecule has 2 heterocycles. The fourth-order valence-electron chi connectivity index (χ4n) is 6.04. The maximum atomic E-state index is 14.0. The van der Waals surface area contributed by atoms with Crippen molar-refractivity contribution < 1.29 is 22.8 Å². The molecule has 1 saturated carbocycles. The van der Waals surface area contributed by atoms with Crippen molar-refractivity contribution in [3.05, 3.63) is 64.2 Å². The molecule has 0 unspecified atom stereocenters. The first-order valence-electron chi connectivity index (χ1n) is 13.7. The Morgan fingerprint density at radius 2 is 1.77 bits per heavy atom. The minimum Gasteiger partial charge on any atom is -0.369 e. The van der Waals surface area contributed by atoms with Crippen LogP contribution in [0.25, 0.3) is 0 Å². The van der Waals surface area contributed by atoms with Crippen molar-refractivity contribution in [3.8, 4) is 0 Å². The molecule has 39 heavy (non-hydrogen) atoms. The summed E-state index contributed by atoms with van der Waals surface area (Å²) < 4.78 is 42.1. The molecule has 0 spiro atoms. The van der Waals surface area contributed by atoms with Crippen LogP contribution < -0.4 is 11.1 Å². The van der Waals surface area contributed by atoms with Crippen LogP contribution >= 0.6 is 0 Å². The number of primary amides is 1. The summed E-state index contributed by atoms with van der Waals surface area (Å²) in [6, 6.07) is 10.0. The number of halogens is 3. The van der Waals surface area contributed by atoms with E-state index >= 15 is 0 Å². The van der Waals surface area contributed by atoms with Crippen LogP contribution in [0.4, 0.5) is 18.9 Å². The molecular weight excluding hydrogens is 507 g/mol. The second-order valence-corrected chi connectivity index (χ2v) is 11.2. The summed E-state index contributed by atoms with van der Waals surface area (Å²) in [5.74, 6) is -0.738. The van der Waals surface area contributed by atoms with E-state index in [0.717, 1.165) is 43.4 Å². The van der Waals surface area contributed by atoms with Gasteiger partial charge < -0.3 is 11.1 Å². The van der Waals surface area contributed by atoms with Gasteiger partial charge in [-0.1, -0.05) is 25.5 Å². The van der Waals surface area contributed by atoms with E-state index in [0.29, 0.717) is 24.7 Å². The average molecular weight is 544 g/mol. The lowest BCUT2D eigenvalue weighted by atomic mass is 9.89. The molecule has 2 aromatic carbocycles. The molecule has 2 fully saturated rings. The molecule has 5 rings (SSSR count). The van der Waals surface area contributed by atoms with Crippen molar-refractivity contribution >= 4 is 17.5 Å². The number of carbonyl (C=O) groups excluding carboxylic acids is 2. The number of carbonyl (C=O) groups is 2. The first-order chi connectivity index (χ1) is 18.6. The van der Waals surface area contributed by atoms with Crippen LogP contribution in [0.2, 0.25) is 0 Å². The number of nitrogens with one attached hydrogen (secondary N) is 1. The molecule has 0 radical (unpaired) electrons. The Bertz CT molecular complexity index is 1220. The molecule has 10 heteroatoms. The van der Waals surface area contributed by atoms with Gasteiger partial charge in [-0.25, -0.2) is 0 Å². The Labute approximate surface area is 227 Å². The summed E-state index contributed by atoms with van der Waals surface area (Å²) in [4.78, 5) is 30.9. The van der Waals surface area contributed by atoms with Crippen molar-refractivity contribution in [1.29, 1.82) is 0 Å². The van der Waals surface area contributed by atoms with Crippen molar-refractivity contribution in [1.82, 2.24) is 14.7 Å². The molecule has 0 bridgehead atoms. The number of fused-ring (bicyclic) bond motifs is 1. The van der Waals surface area contributed by atoms with Gasteiger partial charge in [0.25, 0.3) is 5.91 Å². The Balaban J connectivity index is 1.27. The number of nitrogens with two attached hydrogens (primary N) is 1. The second kappa shape index (κ2) is 11.3. The van der Waals surface area contributed by atoms with Gasteiger partial charge in [0.2, 0.25) is 5.91 Å². The molecule has 1 saturated heterocycles. The largest absolute Gasteiger partial charge is 0.416 e. The van der Waals surface area contributed by atoms with Gasteiger partial charge >= 0.3 is 6.18 Å². The lowest BCUT2D eigenvalue weighted by Gasteiger charge is -2.43. The zero-order valence-electron chi connectivity index (χ0n) is 22.3. The highest BCUT2D eigenvalue weighted by atomic mass is 19.4. The lowest BCUT2D eigenvalue weighted by Crippen LogP contribution is -2.51. The number of amides is 2. The molecule has 2 amide bonds. The summed E-state index contributed by atoms with van der Waals surface area (Å²) in [7, 11) is 0. The standard InChI is InChI=1S/C29H36F3N5O2/c1-19-15-36(18-27(33)38)17-22-13-20(6-8-25(19)22)28(39)34-23-7-5-21(26(14-23)29(30,31)32)16-35-9-11-37(12-10-35)24-3-2-4-24/h5-8,13-14,19,24H,2-4,9-12,15-18H2,1H3,(H2,33,38)(H,34,39)/t19-/m0/s1. The number of piperazine rings is 1. The third-order valence-corrected chi connectivity index (χ3v) is 8.31. The normalized spacial score (nSPS) is 21.3. The van der Waals surface area contributed by atoms with Crippen LogP contribution in [-0.4, -0.2) is 71.8 Å². The quantitative estimate of drug-likeness (QED) is 0.551. The van der Waals surface area contributed by atoms with Gasteiger partial charge in [0.15, 0.2) is 0 Å². The zero-order chi connectivity index (χ0) is 27.7. The van der Waals surface area contributed by atoms with E-state index in [1.54, 1.807) is 18.2 Å². The molecule has 2 aromatic rings. The third-order valence-electron chi connectivity index (χ3n) is 8.31. The van der Waals surface area contributed by atoms with E-state index in [9.17, 15) is 22.8 Å². The summed E-state index contributed by atoms with van der Waals surface area (Å²) in [6.45, 7) is 6.84. The molecule has 2 aliphatic heterocycles. The topological polar surface area (TPSA) is 81.9 Å². The summed E-state index contributed by atoms with van der Waals surface area (Å²) in [5, 5.41) is 2.65. The Hall–Kier alpha value is -2.95. The molecule has 7 nitrogen and oxygen atoms in total. The SMILES string of the molecule is C[C@H]1CN(CC(N)=O)Cc2cc(C(=O)Nc3ccc(CN4CCN(C5CCC5)CC4)c(C(F)(F)F)c3)ccc21. The van der Waals surface area contributed by atoms with Crippen LogP contribution in [0.3, 0.4) is 0 Å². The monoisotopic (exact) mass is 543 g/mol. The van der Waals surface area contributed by atoms with Crippen molar-refractivity contribution in [2.75, 3.05) is 44.6 Å². The van der Waals surface area contributed by atoms with E-state index in [-0.39, 0.29) is 30.3 Å². The number of benzene rings is 2. The third kappa shape index (κ3) is 6.45. The van der Waals surface area contributed by atoms with Gasteiger partial charge in [0, 0.05) is 63.1 Å². The van der Waals surface area contributed by atoms with E-state index in [4.69, 9.17) is 5.73 Å². The molecule has 0 aromatic heterocycles. The first kappa shape index (κ1) is 27.6. The van der Waals surface area contributed by atoms with Gasteiger partial charge in [-0.3, -0.25) is 24.3 Å². The summed E-state index contributed by atoms with van der Waals surface area (Å²) >= 11 is 0. The molecule has 1 aliphatic carbocycles. The predicted octanol–water partition coefficient (Wildman–Crippen LogP) is 4.03. The van der Waals surface area contributed by atoms with Crippen molar-refractivity contribution in [2.24, 2.45) is 5.73 Å². The highest BCUT2D eigenvalue weighted by molar-refractivity contribution is 6.04. The van der Waals surface area contributed by atoms with Crippen LogP contribution in [0.15, 0.2) is 36.4 Å². The fraction of sp³-hybridized carbons (Fsp3) is 0.517. The maximum absolute atomic E-state index is 14.0. The van der Waals surface area contributed by atoms with Gasteiger partial charge in [-0.15, -0.1) is 0 Å². The number of alkyl halides is 3. The van der Waals surface area contributed by atoms with Gasteiger partial charge in [0.1, 0.15) is 0 Å². The molecule has 210 valence electrons.